The molecule has 0 unspecified atom stereocenters. The Hall–Kier alpha value is -0.350. The zero-order chi connectivity index (χ0) is 9.14. The van der Waals surface area contributed by atoms with Gasteiger partial charge in [-0.05, 0) is 17.7 Å². The van der Waals surface area contributed by atoms with Crippen LogP contribution in [-0.4, -0.2) is 11.3 Å². The smallest absolute Gasteiger partial charge is 0.141 e. The lowest BCUT2D eigenvalue weighted by molar-refractivity contribution is 0.183. The minimum Gasteiger partial charge on any atom is -0.378 e. The van der Waals surface area contributed by atoms with Crippen LogP contribution >= 0.6 is 24.0 Å². The minimum atomic E-state index is -0.925. The molecule has 0 saturated heterocycles. The van der Waals surface area contributed by atoms with E-state index in [4.69, 9.17) is 22.4 Å². The lowest BCUT2D eigenvalue weighted by atomic mass is 10.1. The van der Waals surface area contributed by atoms with Crippen molar-refractivity contribution in [2.75, 3.05) is 0 Å². The van der Waals surface area contributed by atoms with Crippen molar-refractivity contribution in [3.05, 3.63) is 34.6 Å². The summed E-state index contributed by atoms with van der Waals surface area (Å²) >= 11 is 5.50. The number of aliphatic hydroxyl groups is 1. The first-order chi connectivity index (χ1) is 5.59. The van der Waals surface area contributed by atoms with Gasteiger partial charge in [-0.1, -0.05) is 17.7 Å². The summed E-state index contributed by atoms with van der Waals surface area (Å²) in [7, 11) is 0. The Morgan fingerprint density at radius 2 is 2.15 bits per heavy atom. The molecule has 0 spiro atoms. The van der Waals surface area contributed by atoms with Crippen molar-refractivity contribution in [1.82, 2.24) is 0 Å². The molecule has 74 valence electrons. The molecule has 0 aromatic heterocycles. The lowest BCUT2D eigenvalue weighted by Gasteiger charge is -2.04. The number of halogens is 3. The van der Waals surface area contributed by atoms with Gasteiger partial charge in [0.15, 0.2) is 0 Å². The van der Waals surface area contributed by atoms with Crippen molar-refractivity contribution >= 4 is 24.0 Å². The molecule has 1 aromatic rings. The van der Waals surface area contributed by atoms with Gasteiger partial charge in [-0.15, -0.1) is 12.4 Å². The van der Waals surface area contributed by atoms with Gasteiger partial charge >= 0.3 is 0 Å². The Labute approximate surface area is 86.9 Å². The van der Waals surface area contributed by atoms with Gasteiger partial charge in [-0.3, -0.25) is 0 Å². The van der Waals surface area contributed by atoms with Crippen molar-refractivity contribution in [2.45, 2.75) is 12.6 Å². The van der Waals surface area contributed by atoms with Gasteiger partial charge in [0.1, 0.15) is 12.0 Å². The summed E-state index contributed by atoms with van der Waals surface area (Å²) in [6, 6.07) is 4.24. The van der Waals surface area contributed by atoms with Gasteiger partial charge in [0.25, 0.3) is 0 Å². The second-order valence-electron chi connectivity index (χ2n) is 2.52. The first kappa shape index (κ1) is 12.7. The van der Waals surface area contributed by atoms with E-state index in [-0.39, 0.29) is 23.9 Å². The van der Waals surface area contributed by atoms with Crippen LogP contribution < -0.4 is 5.73 Å². The summed E-state index contributed by atoms with van der Waals surface area (Å²) in [5.41, 5.74) is 5.85. The number of rotatable bonds is 2. The fourth-order valence-corrected chi connectivity index (χ4v) is 1.11. The van der Waals surface area contributed by atoms with Crippen LogP contribution in [0.15, 0.2) is 18.2 Å². The number of hydrogen-bond acceptors (Lipinski definition) is 2. The van der Waals surface area contributed by atoms with Crippen LogP contribution in [0.4, 0.5) is 4.39 Å². The van der Waals surface area contributed by atoms with E-state index in [1.165, 1.54) is 18.2 Å². The number of nitrogens with two attached hydrogens (primary N) is 1. The van der Waals surface area contributed by atoms with Crippen LogP contribution in [0, 0.1) is 5.82 Å². The molecule has 1 aromatic carbocycles. The normalized spacial score (nSPS) is 12.0. The standard InChI is InChI=1S/C8H9ClFNO.ClH/c9-6-3-5(4-8(11)12)1-2-7(6)10;/h1-3,8,12H,4,11H2;1H/t8-;/m0./s1. The Morgan fingerprint density at radius 3 is 2.62 bits per heavy atom. The third kappa shape index (κ3) is 3.91. The van der Waals surface area contributed by atoms with Crippen LogP contribution in [0.5, 0.6) is 0 Å². The van der Waals surface area contributed by atoms with Crippen LogP contribution in [0.2, 0.25) is 5.02 Å². The van der Waals surface area contributed by atoms with E-state index in [9.17, 15) is 4.39 Å². The monoisotopic (exact) mass is 225 g/mol. The third-order valence-electron chi connectivity index (χ3n) is 1.43. The summed E-state index contributed by atoms with van der Waals surface area (Å²) in [5, 5.41) is 8.86. The molecule has 0 fully saturated rings. The summed E-state index contributed by atoms with van der Waals surface area (Å²) < 4.78 is 12.6. The van der Waals surface area contributed by atoms with Crippen molar-refractivity contribution in [2.24, 2.45) is 5.73 Å². The van der Waals surface area contributed by atoms with E-state index in [1.807, 2.05) is 0 Å². The molecule has 0 bridgehead atoms. The molecule has 2 nitrogen and oxygen atoms in total. The predicted octanol–water partition coefficient (Wildman–Crippen LogP) is 1.72. The molecular formula is C8H10Cl2FNO. The fraction of sp³-hybridized carbons (Fsp3) is 0.250. The van der Waals surface area contributed by atoms with E-state index in [1.54, 1.807) is 0 Å². The van der Waals surface area contributed by atoms with Crippen LogP contribution in [0.3, 0.4) is 0 Å². The van der Waals surface area contributed by atoms with E-state index in [0.717, 1.165) is 5.56 Å². The second kappa shape index (κ2) is 5.40. The van der Waals surface area contributed by atoms with Gasteiger partial charge < -0.3 is 10.8 Å². The predicted molar refractivity (Wildman–Crippen MR) is 52.6 cm³/mol. The van der Waals surface area contributed by atoms with Crippen LogP contribution in [0.25, 0.3) is 0 Å². The summed E-state index contributed by atoms with van der Waals surface area (Å²) in [6.45, 7) is 0. The highest BCUT2D eigenvalue weighted by atomic mass is 35.5. The maximum absolute atomic E-state index is 12.6. The van der Waals surface area contributed by atoms with Crippen molar-refractivity contribution < 1.29 is 9.50 Å². The molecule has 0 heterocycles. The number of hydrogen-bond donors (Lipinski definition) is 2. The molecule has 13 heavy (non-hydrogen) atoms. The molecule has 0 aliphatic heterocycles. The number of aliphatic hydroxyl groups excluding tert-OH is 1. The molecule has 1 atom stereocenters. The van der Waals surface area contributed by atoms with Gasteiger partial charge in [-0.25, -0.2) is 4.39 Å². The van der Waals surface area contributed by atoms with E-state index < -0.39 is 12.0 Å². The molecule has 0 aliphatic carbocycles. The summed E-state index contributed by atoms with van der Waals surface area (Å²) in [6.07, 6.45) is -0.647. The van der Waals surface area contributed by atoms with E-state index in [0.29, 0.717) is 0 Å². The molecule has 0 saturated carbocycles. The first-order valence-electron chi connectivity index (χ1n) is 3.47. The van der Waals surface area contributed by atoms with E-state index >= 15 is 0 Å². The highest BCUT2D eigenvalue weighted by molar-refractivity contribution is 6.30. The lowest BCUT2D eigenvalue weighted by Crippen LogP contribution is -2.21. The quantitative estimate of drug-likeness (QED) is 0.754. The van der Waals surface area contributed by atoms with Gasteiger partial charge in [-0.2, -0.15) is 0 Å². The van der Waals surface area contributed by atoms with Crippen molar-refractivity contribution in [3.8, 4) is 0 Å². The van der Waals surface area contributed by atoms with E-state index in [2.05, 4.69) is 0 Å². The zero-order valence-corrected chi connectivity index (χ0v) is 8.28. The average molecular weight is 226 g/mol. The molecular weight excluding hydrogens is 216 g/mol. The largest absolute Gasteiger partial charge is 0.378 e. The maximum atomic E-state index is 12.6. The molecule has 0 aliphatic rings. The highest BCUT2D eigenvalue weighted by Crippen LogP contribution is 2.16. The molecule has 3 N–H and O–H groups in total. The molecule has 0 amide bonds. The zero-order valence-electron chi connectivity index (χ0n) is 6.71. The van der Waals surface area contributed by atoms with Gasteiger partial charge in [0, 0.05) is 6.42 Å². The van der Waals surface area contributed by atoms with Crippen LogP contribution in [-0.2, 0) is 6.42 Å². The van der Waals surface area contributed by atoms with Crippen molar-refractivity contribution in [3.63, 3.8) is 0 Å². The minimum absolute atomic E-state index is 0. The maximum Gasteiger partial charge on any atom is 0.141 e. The Kier molecular flexibility index (Phi) is 5.25. The molecule has 5 heteroatoms. The Bertz CT molecular complexity index is 281. The fourth-order valence-electron chi connectivity index (χ4n) is 0.908. The first-order valence-corrected chi connectivity index (χ1v) is 3.85. The second-order valence-corrected chi connectivity index (χ2v) is 2.93. The topological polar surface area (TPSA) is 46.2 Å². The van der Waals surface area contributed by atoms with Gasteiger partial charge in [0.05, 0.1) is 5.02 Å². The molecule has 0 radical (unpaired) electrons. The SMILES string of the molecule is Cl.N[C@@H](O)Cc1ccc(F)c(Cl)c1. The van der Waals surface area contributed by atoms with Crippen molar-refractivity contribution in [1.29, 1.82) is 0 Å². The summed E-state index contributed by atoms with van der Waals surface area (Å²) in [4.78, 5) is 0. The van der Waals surface area contributed by atoms with Gasteiger partial charge in [0.2, 0.25) is 0 Å². The Balaban J connectivity index is 0.00000144. The molecule has 1 rings (SSSR count). The summed E-state index contributed by atoms with van der Waals surface area (Å²) in [5.74, 6) is -0.466. The third-order valence-corrected chi connectivity index (χ3v) is 1.72. The number of benzene rings is 1. The van der Waals surface area contributed by atoms with Crippen LogP contribution in [0.1, 0.15) is 5.56 Å². The highest BCUT2D eigenvalue weighted by Gasteiger charge is 2.03. The average Bonchev–Trinajstić information content (AvgIpc) is 1.96. The Morgan fingerprint density at radius 1 is 1.54 bits per heavy atom.